The lowest BCUT2D eigenvalue weighted by molar-refractivity contribution is -0.202. The molecule has 0 aliphatic heterocycles. The van der Waals surface area contributed by atoms with E-state index in [-0.39, 0.29) is 17.3 Å². The molecule has 0 aliphatic carbocycles. The Balaban J connectivity index is 3.97. The van der Waals surface area contributed by atoms with E-state index in [1.165, 1.54) is 0 Å². The minimum absolute atomic E-state index is 0.0964. The van der Waals surface area contributed by atoms with E-state index >= 15 is 0 Å². The number of carboxylic acids is 1. The lowest BCUT2D eigenvalue weighted by Crippen LogP contribution is -2.38. The predicted octanol–water partition coefficient (Wildman–Crippen LogP) is -1.56. The van der Waals surface area contributed by atoms with E-state index < -0.39 is 23.2 Å². The van der Waals surface area contributed by atoms with Crippen molar-refractivity contribution in [1.82, 2.24) is 0 Å². The van der Waals surface area contributed by atoms with E-state index in [1.807, 2.05) is 0 Å². The van der Waals surface area contributed by atoms with Crippen LogP contribution in [0.4, 0.5) is 0 Å². The molecule has 0 bridgehead atoms. The van der Waals surface area contributed by atoms with Gasteiger partial charge in [-0.3, -0.25) is 4.79 Å². The Kier molecular flexibility index (Phi) is 6.04. The van der Waals surface area contributed by atoms with Crippen LogP contribution in [0.2, 0.25) is 0 Å². The molecule has 6 N–H and O–H groups in total. The van der Waals surface area contributed by atoms with Crippen LogP contribution in [0.1, 0.15) is 0 Å². The fourth-order valence-electron chi connectivity index (χ4n) is 0.594. The quantitative estimate of drug-likeness (QED) is 0.185. The number of aliphatic carboxylic acids is 1. The SMILES string of the molecule is N/C=C(\C[S+]([O-])CC(N)C(=O)O)OO. The highest BCUT2D eigenvalue weighted by molar-refractivity contribution is 7.91. The van der Waals surface area contributed by atoms with Crippen molar-refractivity contribution in [3.05, 3.63) is 12.0 Å². The van der Waals surface area contributed by atoms with Crippen LogP contribution in [0.3, 0.4) is 0 Å². The first kappa shape index (κ1) is 13.0. The molecule has 0 fully saturated rings. The largest absolute Gasteiger partial charge is 0.616 e. The fraction of sp³-hybridized carbons (Fsp3) is 0.500. The van der Waals surface area contributed by atoms with E-state index in [9.17, 15) is 9.35 Å². The van der Waals surface area contributed by atoms with Gasteiger partial charge in [-0.1, -0.05) is 0 Å². The minimum atomic E-state index is -1.54. The van der Waals surface area contributed by atoms with E-state index in [0.717, 1.165) is 6.20 Å². The Morgan fingerprint density at radius 2 is 2.29 bits per heavy atom. The molecule has 0 spiro atoms. The van der Waals surface area contributed by atoms with Gasteiger partial charge in [-0.05, 0) is 11.2 Å². The molecular formula is C6H12N2O5S. The summed E-state index contributed by atoms with van der Waals surface area (Å²) in [6, 6.07) is -1.20. The van der Waals surface area contributed by atoms with Crippen molar-refractivity contribution < 1.29 is 24.6 Å². The molecule has 0 aromatic rings. The third kappa shape index (κ3) is 4.92. The van der Waals surface area contributed by atoms with Gasteiger partial charge in [0.2, 0.25) is 5.76 Å². The van der Waals surface area contributed by atoms with E-state index in [2.05, 4.69) is 4.89 Å². The lowest BCUT2D eigenvalue weighted by Gasteiger charge is -2.13. The van der Waals surface area contributed by atoms with Crippen LogP contribution in [0.25, 0.3) is 0 Å². The number of hydrogen-bond acceptors (Lipinski definition) is 6. The molecule has 2 unspecified atom stereocenters. The van der Waals surface area contributed by atoms with Crippen molar-refractivity contribution in [2.75, 3.05) is 11.5 Å². The monoisotopic (exact) mass is 224 g/mol. The molecule has 0 rings (SSSR count). The Hall–Kier alpha value is -0.960. The van der Waals surface area contributed by atoms with Gasteiger partial charge in [-0.25, -0.2) is 5.26 Å². The number of rotatable bonds is 6. The molecule has 8 heteroatoms. The molecule has 7 nitrogen and oxygen atoms in total. The van der Waals surface area contributed by atoms with E-state index in [1.54, 1.807) is 0 Å². The maximum Gasteiger partial charge on any atom is 0.325 e. The van der Waals surface area contributed by atoms with E-state index in [4.69, 9.17) is 21.8 Å². The maximum absolute atomic E-state index is 11.2. The number of nitrogens with two attached hydrogens (primary N) is 2. The molecular weight excluding hydrogens is 212 g/mol. The molecule has 0 aromatic heterocycles. The zero-order chi connectivity index (χ0) is 11.1. The Morgan fingerprint density at radius 1 is 1.71 bits per heavy atom. The van der Waals surface area contributed by atoms with Crippen LogP contribution in [0.15, 0.2) is 12.0 Å². The Bertz CT molecular complexity index is 222. The maximum atomic E-state index is 11.2. The highest BCUT2D eigenvalue weighted by Crippen LogP contribution is 2.02. The fourth-order valence-corrected chi connectivity index (χ4v) is 1.72. The third-order valence-corrected chi connectivity index (χ3v) is 2.63. The normalized spacial score (nSPS) is 16.1. The molecule has 0 saturated heterocycles. The van der Waals surface area contributed by atoms with Gasteiger partial charge < -0.3 is 26.0 Å². The van der Waals surface area contributed by atoms with Gasteiger partial charge in [0.05, 0.1) is 0 Å². The van der Waals surface area contributed by atoms with Crippen LogP contribution in [0.5, 0.6) is 0 Å². The van der Waals surface area contributed by atoms with Gasteiger partial charge >= 0.3 is 5.97 Å². The average molecular weight is 224 g/mol. The van der Waals surface area contributed by atoms with Crippen molar-refractivity contribution in [1.29, 1.82) is 0 Å². The molecule has 0 radical (unpaired) electrons. The number of carbonyl (C=O) groups is 1. The van der Waals surface area contributed by atoms with E-state index in [0.29, 0.717) is 0 Å². The van der Waals surface area contributed by atoms with Crippen LogP contribution < -0.4 is 11.5 Å². The van der Waals surface area contributed by atoms with Gasteiger partial charge in [0.25, 0.3) is 0 Å². The molecule has 0 amide bonds. The summed E-state index contributed by atoms with van der Waals surface area (Å²) in [6.07, 6.45) is 0.935. The average Bonchev–Trinajstić information content (AvgIpc) is 2.13. The number of hydrogen-bond donors (Lipinski definition) is 4. The molecule has 0 heterocycles. The standard InChI is InChI=1S/C6H12N2O5S/c7-1-4(13-11)2-14(12)3-5(8)6(9)10/h1,5,11H,2-3,7-8H2,(H,9,10)/b4-1+. The van der Waals surface area contributed by atoms with Gasteiger partial charge in [0.1, 0.15) is 11.8 Å². The summed E-state index contributed by atoms with van der Waals surface area (Å²) in [7, 11) is 0. The zero-order valence-electron chi connectivity index (χ0n) is 7.25. The first-order chi connectivity index (χ1) is 6.51. The Morgan fingerprint density at radius 3 is 2.64 bits per heavy atom. The summed E-state index contributed by atoms with van der Waals surface area (Å²) in [5.74, 6) is -1.73. The van der Waals surface area contributed by atoms with Crippen LogP contribution in [0, 0.1) is 0 Å². The van der Waals surface area contributed by atoms with Crippen LogP contribution >= 0.6 is 0 Å². The molecule has 82 valence electrons. The first-order valence-electron chi connectivity index (χ1n) is 3.56. The van der Waals surface area contributed by atoms with Crippen molar-refractivity contribution >= 4 is 17.1 Å². The smallest absolute Gasteiger partial charge is 0.325 e. The van der Waals surface area contributed by atoms with Crippen molar-refractivity contribution in [3.8, 4) is 0 Å². The van der Waals surface area contributed by atoms with Crippen molar-refractivity contribution in [3.63, 3.8) is 0 Å². The summed E-state index contributed by atoms with van der Waals surface area (Å²) in [5, 5.41) is 16.6. The van der Waals surface area contributed by atoms with Gasteiger partial charge in [-0.2, -0.15) is 0 Å². The Labute approximate surface area is 83.4 Å². The second-order valence-electron chi connectivity index (χ2n) is 2.42. The molecule has 2 atom stereocenters. The van der Waals surface area contributed by atoms with Crippen LogP contribution in [-0.4, -0.2) is 38.4 Å². The topological polar surface area (TPSA) is 142 Å². The molecule has 0 aliphatic rings. The molecule has 0 aromatic carbocycles. The number of carboxylic acid groups (broad SMARTS) is 1. The zero-order valence-corrected chi connectivity index (χ0v) is 8.07. The molecule has 14 heavy (non-hydrogen) atoms. The van der Waals surface area contributed by atoms with Gasteiger partial charge in [0.15, 0.2) is 5.75 Å². The summed E-state index contributed by atoms with van der Waals surface area (Å²) < 4.78 is 11.2. The van der Waals surface area contributed by atoms with Gasteiger partial charge in [-0.15, -0.1) is 0 Å². The lowest BCUT2D eigenvalue weighted by atomic mass is 10.4. The molecule has 0 saturated carbocycles. The highest BCUT2D eigenvalue weighted by Gasteiger charge is 2.21. The minimum Gasteiger partial charge on any atom is -0.616 e. The summed E-state index contributed by atoms with van der Waals surface area (Å²) in [6.45, 7) is 0. The summed E-state index contributed by atoms with van der Waals surface area (Å²) in [5.41, 5.74) is 10.1. The second kappa shape index (κ2) is 6.49. The summed E-state index contributed by atoms with van der Waals surface area (Å²) >= 11 is -1.54. The first-order valence-corrected chi connectivity index (χ1v) is 5.05. The van der Waals surface area contributed by atoms with Crippen molar-refractivity contribution in [2.45, 2.75) is 6.04 Å². The third-order valence-electron chi connectivity index (χ3n) is 1.29. The second-order valence-corrected chi connectivity index (χ2v) is 3.92. The van der Waals surface area contributed by atoms with Crippen LogP contribution in [-0.2, 0) is 20.9 Å². The predicted molar refractivity (Wildman–Crippen MR) is 49.5 cm³/mol. The highest BCUT2D eigenvalue weighted by atomic mass is 32.2. The summed E-state index contributed by atoms with van der Waals surface area (Å²) in [4.78, 5) is 14.0. The van der Waals surface area contributed by atoms with Gasteiger partial charge in [0, 0.05) is 6.20 Å². The van der Waals surface area contributed by atoms with Crippen molar-refractivity contribution in [2.24, 2.45) is 11.5 Å².